The standard InChI is InChI=1S/C15H20N2O4/c1-9-6-7-17(12(9)8-18)15(21)16-13-10(2)4-3-5-11(13)14(19)20/h3-5,9,12,18H,6-8H2,1-2H3,(H,16,21)(H,19,20). The third kappa shape index (κ3) is 3.00. The van der Waals surface area contributed by atoms with Crippen LogP contribution in [-0.4, -0.2) is 46.3 Å². The average molecular weight is 292 g/mol. The lowest BCUT2D eigenvalue weighted by molar-refractivity contribution is 0.0698. The highest BCUT2D eigenvalue weighted by Gasteiger charge is 2.34. The monoisotopic (exact) mass is 292 g/mol. The molecule has 2 unspecified atom stereocenters. The Bertz CT molecular complexity index is 559. The van der Waals surface area contributed by atoms with E-state index >= 15 is 0 Å². The van der Waals surface area contributed by atoms with Crippen LogP contribution in [-0.2, 0) is 0 Å². The van der Waals surface area contributed by atoms with Crippen LogP contribution in [0.5, 0.6) is 0 Å². The molecule has 1 fully saturated rings. The number of rotatable bonds is 3. The van der Waals surface area contributed by atoms with Gasteiger partial charge in [0.15, 0.2) is 0 Å². The van der Waals surface area contributed by atoms with Crippen molar-refractivity contribution in [2.45, 2.75) is 26.3 Å². The first-order valence-corrected chi connectivity index (χ1v) is 6.97. The molecule has 3 N–H and O–H groups in total. The van der Waals surface area contributed by atoms with Gasteiger partial charge in [0.25, 0.3) is 0 Å². The summed E-state index contributed by atoms with van der Waals surface area (Å²) in [6.07, 6.45) is 0.832. The van der Waals surface area contributed by atoms with Crippen LogP contribution in [0.2, 0.25) is 0 Å². The Kier molecular flexibility index (Phi) is 4.47. The Hall–Kier alpha value is -2.08. The van der Waals surface area contributed by atoms with Crippen LogP contribution in [0.3, 0.4) is 0 Å². The van der Waals surface area contributed by atoms with Crippen molar-refractivity contribution in [1.82, 2.24) is 4.90 Å². The van der Waals surface area contributed by atoms with Gasteiger partial charge in [0, 0.05) is 6.54 Å². The summed E-state index contributed by atoms with van der Waals surface area (Å²) < 4.78 is 0. The van der Waals surface area contributed by atoms with Crippen molar-refractivity contribution < 1.29 is 19.8 Å². The topological polar surface area (TPSA) is 89.9 Å². The summed E-state index contributed by atoms with van der Waals surface area (Å²) in [5, 5.41) is 21.3. The highest BCUT2D eigenvalue weighted by atomic mass is 16.4. The zero-order valence-electron chi connectivity index (χ0n) is 12.2. The third-order valence-corrected chi connectivity index (χ3v) is 4.07. The number of likely N-dealkylation sites (tertiary alicyclic amines) is 1. The van der Waals surface area contributed by atoms with Crippen molar-refractivity contribution in [2.75, 3.05) is 18.5 Å². The molecule has 1 aliphatic heterocycles. The van der Waals surface area contributed by atoms with Gasteiger partial charge in [-0.25, -0.2) is 9.59 Å². The molecule has 0 saturated carbocycles. The maximum absolute atomic E-state index is 12.4. The Morgan fingerprint density at radius 2 is 2.14 bits per heavy atom. The number of aryl methyl sites for hydroxylation is 1. The fourth-order valence-corrected chi connectivity index (χ4v) is 2.73. The van der Waals surface area contributed by atoms with Gasteiger partial charge in [0.1, 0.15) is 0 Å². The number of para-hydroxylation sites is 1. The van der Waals surface area contributed by atoms with E-state index in [2.05, 4.69) is 5.32 Å². The second-order valence-electron chi connectivity index (χ2n) is 5.44. The largest absolute Gasteiger partial charge is 0.478 e. The van der Waals surface area contributed by atoms with E-state index in [1.54, 1.807) is 24.0 Å². The second-order valence-corrected chi connectivity index (χ2v) is 5.44. The smallest absolute Gasteiger partial charge is 0.337 e. The molecule has 1 saturated heterocycles. The molecule has 2 amide bonds. The van der Waals surface area contributed by atoms with Crippen molar-refractivity contribution in [1.29, 1.82) is 0 Å². The minimum Gasteiger partial charge on any atom is -0.478 e. The first kappa shape index (κ1) is 15.3. The van der Waals surface area contributed by atoms with Gasteiger partial charge in [-0.05, 0) is 30.9 Å². The SMILES string of the molecule is Cc1cccc(C(=O)O)c1NC(=O)N1CCC(C)C1CO. The fourth-order valence-electron chi connectivity index (χ4n) is 2.73. The molecule has 2 rings (SSSR count). The van der Waals surface area contributed by atoms with E-state index in [4.69, 9.17) is 0 Å². The molecule has 2 atom stereocenters. The Labute approximate surface area is 123 Å². The number of hydrogen-bond acceptors (Lipinski definition) is 3. The minimum atomic E-state index is -1.08. The van der Waals surface area contributed by atoms with E-state index in [1.807, 2.05) is 6.92 Å². The quantitative estimate of drug-likeness (QED) is 0.794. The molecule has 1 heterocycles. The van der Waals surface area contributed by atoms with Crippen LogP contribution in [0.4, 0.5) is 10.5 Å². The Morgan fingerprint density at radius 1 is 1.43 bits per heavy atom. The molecule has 0 radical (unpaired) electrons. The number of nitrogens with zero attached hydrogens (tertiary/aromatic N) is 1. The maximum Gasteiger partial charge on any atom is 0.337 e. The van der Waals surface area contributed by atoms with Crippen LogP contribution in [0.25, 0.3) is 0 Å². The maximum atomic E-state index is 12.4. The molecule has 6 nitrogen and oxygen atoms in total. The zero-order chi connectivity index (χ0) is 15.6. The summed E-state index contributed by atoms with van der Waals surface area (Å²) in [4.78, 5) is 25.2. The lowest BCUT2D eigenvalue weighted by Crippen LogP contribution is -2.42. The molecule has 1 aromatic rings. The van der Waals surface area contributed by atoms with E-state index in [0.717, 1.165) is 6.42 Å². The van der Waals surface area contributed by atoms with E-state index in [-0.39, 0.29) is 30.2 Å². The predicted molar refractivity (Wildman–Crippen MR) is 78.5 cm³/mol. The van der Waals surface area contributed by atoms with Crippen LogP contribution in [0.15, 0.2) is 18.2 Å². The van der Waals surface area contributed by atoms with Crippen molar-refractivity contribution in [2.24, 2.45) is 5.92 Å². The summed E-state index contributed by atoms with van der Waals surface area (Å²) in [6, 6.07) is 4.26. The molecule has 1 aromatic carbocycles. The van der Waals surface area contributed by atoms with Crippen LogP contribution >= 0.6 is 0 Å². The van der Waals surface area contributed by atoms with E-state index < -0.39 is 5.97 Å². The summed E-state index contributed by atoms with van der Waals surface area (Å²) in [5.41, 5.74) is 1.07. The molecule has 0 aromatic heterocycles. The van der Waals surface area contributed by atoms with Crippen LogP contribution in [0.1, 0.15) is 29.3 Å². The molecule has 0 bridgehead atoms. The summed E-state index contributed by atoms with van der Waals surface area (Å²) >= 11 is 0. The number of aliphatic hydroxyl groups is 1. The first-order valence-electron chi connectivity index (χ1n) is 6.97. The minimum absolute atomic E-state index is 0.0659. The number of anilines is 1. The van der Waals surface area contributed by atoms with Crippen molar-refractivity contribution in [3.05, 3.63) is 29.3 Å². The number of carboxylic acid groups (broad SMARTS) is 1. The molecule has 1 aliphatic rings. The second kappa shape index (κ2) is 6.13. The summed E-state index contributed by atoms with van der Waals surface area (Å²) in [7, 11) is 0. The number of aliphatic hydroxyl groups excluding tert-OH is 1. The number of aromatic carboxylic acids is 1. The average Bonchev–Trinajstić information content (AvgIpc) is 2.81. The number of urea groups is 1. The number of hydrogen-bond donors (Lipinski definition) is 3. The van der Waals surface area contributed by atoms with Crippen LogP contribution < -0.4 is 5.32 Å². The van der Waals surface area contributed by atoms with E-state index in [1.165, 1.54) is 6.07 Å². The number of nitrogens with one attached hydrogen (secondary N) is 1. The lowest BCUT2D eigenvalue weighted by Gasteiger charge is -2.26. The van der Waals surface area contributed by atoms with Gasteiger partial charge in [-0.2, -0.15) is 0 Å². The fraction of sp³-hybridized carbons (Fsp3) is 0.467. The lowest BCUT2D eigenvalue weighted by atomic mass is 10.0. The van der Waals surface area contributed by atoms with Crippen molar-refractivity contribution >= 4 is 17.7 Å². The van der Waals surface area contributed by atoms with Gasteiger partial charge in [-0.15, -0.1) is 0 Å². The summed E-state index contributed by atoms with van der Waals surface area (Å²) in [5.74, 6) is -0.848. The first-order chi connectivity index (χ1) is 9.95. The number of amides is 2. The molecular weight excluding hydrogens is 272 g/mol. The van der Waals surface area contributed by atoms with Gasteiger partial charge in [0.2, 0.25) is 0 Å². The van der Waals surface area contributed by atoms with E-state index in [9.17, 15) is 19.8 Å². The highest BCUT2D eigenvalue weighted by molar-refractivity contribution is 6.01. The highest BCUT2D eigenvalue weighted by Crippen LogP contribution is 2.26. The van der Waals surface area contributed by atoms with Gasteiger partial charge in [-0.3, -0.25) is 0 Å². The zero-order valence-corrected chi connectivity index (χ0v) is 12.2. The third-order valence-electron chi connectivity index (χ3n) is 4.07. The predicted octanol–water partition coefficient (Wildman–Crippen LogP) is 1.93. The van der Waals surface area contributed by atoms with E-state index in [0.29, 0.717) is 17.8 Å². The van der Waals surface area contributed by atoms with Gasteiger partial charge < -0.3 is 20.4 Å². The van der Waals surface area contributed by atoms with Gasteiger partial charge >= 0.3 is 12.0 Å². The molecule has 21 heavy (non-hydrogen) atoms. The van der Waals surface area contributed by atoms with Gasteiger partial charge in [-0.1, -0.05) is 19.1 Å². The number of carboxylic acids is 1. The molecule has 0 aliphatic carbocycles. The molecule has 0 spiro atoms. The van der Waals surface area contributed by atoms with Crippen molar-refractivity contribution in [3.63, 3.8) is 0 Å². The summed E-state index contributed by atoms with van der Waals surface area (Å²) in [6.45, 7) is 4.21. The Morgan fingerprint density at radius 3 is 2.76 bits per heavy atom. The molecular formula is C15H20N2O4. The number of benzene rings is 1. The molecule has 114 valence electrons. The molecule has 6 heteroatoms. The van der Waals surface area contributed by atoms with Crippen molar-refractivity contribution in [3.8, 4) is 0 Å². The number of carbonyl (C=O) groups is 2. The van der Waals surface area contributed by atoms with Crippen LogP contribution in [0, 0.1) is 12.8 Å². The van der Waals surface area contributed by atoms with Gasteiger partial charge in [0.05, 0.1) is 23.9 Å². The Balaban J connectivity index is 2.22. The normalized spacial score (nSPS) is 21.4. The number of carbonyl (C=O) groups excluding carboxylic acids is 1.